The summed E-state index contributed by atoms with van der Waals surface area (Å²) in [4.78, 5) is 12.5. The number of hydrogen-bond donors (Lipinski definition) is 1. The van der Waals surface area contributed by atoms with Crippen molar-refractivity contribution in [2.75, 3.05) is 18.5 Å². The Hall–Kier alpha value is -3.31. The van der Waals surface area contributed by atoms with Crippen LogP contribution in [0.1, 0.15) is 19.8 Å². The lowest BCUT2D eigenvalue weighted by molar-refractivity contribution is -0.122. The molecule has 3 aromatic rings. The Balaban J connectivity index is 1.27. The largest absolute Gasteiger partial charge is 0.491 e. The van der Waals surface area contributed by atoms with Gasteiger partial charge in [0.05, 0.1) is 6.10 Å². The number of ether oxygens (including phenoxy) is 3. The summed E-state index contributed by atoms with van der Waals surface area (Å²) < 4.78 is 17.1. The Morgan fingerprint density at radius 2 is 1.65 bits per heavy atom. The zero-order valence-electron chi connectivity index (χ0n) is 17.6. The van der Waals surface area contributed by atoms with Crippen LogP contribution in [0, 0.1) is 0 Å². The number of carbonyl (C=O) groups excluding carboxylic acids is 1. The van der Waals surface area contributed by atoms with Crippen molar-refractivity contribution in [3.05, 3.63) is 78.9 Å². The zero-order chi connectivity index (χ0) is 21.5. The molecule has 1 N–H and O–H groups in total. The van der Waals surface area contributed by atoms with Crippen LogP contribution in [-0.4, -0.2) is 31.3 Å². The van der Waals surface area contributed by atoms with Gasteiger partial charge in [-0.15, -0.1) is 0 Å². The highest BCUT2D eigenvalue weighted by Gasteiger charge is 2.17. The number of anilines is 1. The molecular formula is C26H27NO4. The number of benzene rings is 3. The van der Waals surface area contributed by atoms with E-state index in [1.807, 2.05) is 66.7 Å². The molecule has 1 saturated heterocycles. The van der Waals surface area contributed by atoms with Gasteiger partial charge in [-0.3, -0.25) is 4.79 Å². The van der Waals surface area contributed by atoms with Crippen molar-refractivity contribution in [3.63, 3.8) is 0 Å². The maximum atomic E-state index is 12.5. The summed E-state index contributed by atoms with van der Waals surface area (Å²) in [6, 6.07) is 25.2. The Labute approximate surface area is 183 Å². The third-order valence-electron chi connectivity index (χ3n) is 5.23. The van der Waals surface area contributed by atoms with Crippen LogP contribution < -0.4 is 14.8 Å². The molecule has 0 aliphatic carbocycles. The fraction of sp³-hybridized carbons (Fsp3) is 0.269. The quantitative estimate of drug-likeness (QED) is 0.539. The van der Waals surface area contributed by atoms with Crippen molar-refractivity contribution in [2.45, 2.75) is 32.0 Å². The fourth-order valence-corrected chi connectivity index (χ4v) is 3.46. The van der Waals surface area contributed by atoms with Crippen LogP contribution in [0.15, 0.2) is 78.9 Å². The third kappa shape index (κ3) is 5.86. The van der Waals surface area contributed by atoms with E-state index in [0.717, 1.165) is 36.3 Å². The number of amides is 1. The maximum absolute atomic E-state index is 12.5. The summed E-state index contributed by atoms with van der Waals surface area (Å²) in [6.07, 6.45) is 1.69. The minimum atomic E-state index is -0.627. The lowest BCUT2D eigenvalue weighted by Gasteiger charge is -2.16. The Bertz CT molecular complexity index is 965. The van der Waals surface area contributed by atoms with Crippen LogP contribution in [0.4, 0.5) is 5.69 Å². The van der Waals surface area contributed by atoms with E-state index in [-0.39, 0.29) is 12.0 Å². The Morgan fingerprint density at radius 1 is 0.968 bits per heavy atom. The monoisotopic (exact) mass is 417 g/mol. The summed E-state index contributed by atoms with van der Waals surface area (Å²) in [7, 11) is 0. The van der Waals surface area contributed by atoms with Crippen molar-refractivity contribution in [3.8, 4) is 22.6 Å². The van der Waals surface area contributed by atoms with E-state index >= 15 is 0 Å². The van der Waals surface area contributed by atoms with Gasteiger partial charge in [-0.1, -0.05) is 42.5 Å². The van der Waals surface area contributed by atoms with Gasteiger partial charge in [-0.2, -0.15) is 0 Å². The zero-order valence-corrected chi connectivity index (χ0v) is 17.6. The summed E-state index contributed by atoms with van der Waals surface area (Å²) in [5.41, 5.74) is 2.94. The molecule has 5 nitrogen and oxygen atoms in total. The highest BCUT2D eigenvalue weighted by atomic mass is 16.5. The molecule has 3 aromatic carbocycles. The first kappa shape index (κ1) is 20.9. The molecule has 0 bridgehead atoms. The van der Waals surface area contributed by atoms with Crippen LogP contribution in [-0.2, 0) is 9.53 Å². The first-order valence-electron chi connectivity index (χ1n) is 10.6. The molecule has 5 heteroatoms. The summed E-state index contributed by atoms with van der Waals surface area (Å²) >= 11 is 0. The smallest absolute Gasteiger partial charge is 0.265 e. The molecule has 0 aromatic heterocycles. The molecule has 0 saturated carbocycles. The van der Waals surface area contributed by atoms with E-state index < -0.39 is 6.10 Å². The third-order valence-corrected chi connectivity index (χ3v) is 5.23. The summed E-state index contributed by atoms with van der Waals surface area (Å²) in [5.74, 6) is 1.21. The van der Waals surface area contributed by atoms with E-state index in [0.29, 0.717) is 18.0 Å². The lowest BCUT2D eigenvalue weighted by Crippen LogP contribution is -2.30. The van der Waals surface area contributed by atoms with E-state index in [4.69, 9.17) is 14.2 Å². The predicted molar refractivity (Wildman–Crippen MR) is 122 cm³/mol. The van der Waals surface area contributed by atoms with Gasteiger partial charge >= 0.3 is 0 Å². The van der Waals surface area contributed by atoms with Crippen molar-refractivity contribution >= 4 is 11.6 Å². The van der Waals surface area contributed by atoms with E-state index in [1.54, 1.807) is 6.92 Å². The molecule has 0 unspecified atom stereocenters. The van der Waals surface area contributed by atoms with Gasteiger partial charge in [-0.05, 0) is 67.3 Å². The average Bonchev–Trinajstić information content (AvgIpc) is 3.33. The van der Waals surface area contributed by atoms with Gasteiger partial charge < -0.3 is 19.5 Å². The average molecular weight is 418 g/mol. The van der Waals surface area contributed by atoms with E-state index in [9.17, 15) is 4.79 Å². The maximum Gasteiger partial charge on any atom is 0.265 e. The fourth-order valence-electron chi connectivity index (χ4n) is 3.46. The molecule has 160 valence electrons. The van der Waals surface area contributed by atoms with Crippen molar-refractivity contribution in [1.29, 1.82) is 0 Å². The molecule has 1 fully saturated rings. The van der Waals surface area contributed by atoms with Gasteiger partial charge in [-0.25, -0.2) is 0 Å². The number of hydrogen-bond acceptors (Lipinski definition) is 4. The molecule has 0 radical (unpaired) electrons. The minimum absolute atomic E-state index is 0.180. The van der Waals surface area contributed by atoms with E-state index in [2.05, 4.69) is 17.4 Å². The molecule has 31 heavy (non-hydrogen) atoms. The normalized spacial score (nSPS) is 16.5. The Kier molecular flexibility index (Phi) is 6.85. The molecule has 0 spiro atoms. The second-order valence-corrected chi connectivity index (χ2v) is 7.61. The lowest BCUT2D eigenvalue weighted by atomic mass is 10.1. The topological polar surface area (TPSA) is 56.8 Å². The second-order valence-electron chi connectivity index (χ2n) is 7.61. The summed E-state index contributed by atoms with van der Waals surface area (Å²) in [5, 5.41) is 2.88. The van der Waals surface area contributed by atoms with Gasteiger partial charge in [0.1, 0.15) is 18.1 Å². The van der Waals surface area contributed by atoms with Crippen LogP contribution in [0.2, 0.25) is 0 Å². The standard InChI is InChI=1S/C26H27NO4/c1-19(31-24-13-9-21(10-14-24)20-6-3-2-4-7-20)26(28)27-22-11-15-23(16-12-22)30-18-25-8-5-17-29-25/h2-4,6-7,9-16,19,25H,5,8,17-18H2,1H3,(H,27,28)/t19-,25-/m1/s1. The van der Waals surface area contributed by atoms with Gasteiger partial charge in [0.15, 0.2) is 6.10 Å². The predicted octanol–water partition coefficient (Wildman–Crippen LogP) is 5.32. The van der Waals surface area contributed by atoms with Crippen LogP contribution in [0.5, 0.6) is 11.5 Å². The van der Waals surface area contributed by atoms with Crippen LogP contribution in [0.25, 0.3) is 11.1 Å². The number of rotatable bonds is 8. The highest BCUT2D eigenvalue weighted by molar-refractivity contribution is 5.94. The van der Waals surface area contributed by atoms with Crippen LogP contribution >= 0.6 is 0 Å². The molecule has 1 aliphatic rings. The number of carbonyl (C=O) groups is 1. The van der Waals surface area contributed by atoms with Gasteiger partial charge in [0, 0.05) is 12.3 Å². The second kappa shape index (κ2) is 10.1. The van der Waals surface area contributed by atoms with Crippen molar-refractivity contribution in [1.82, 2.24) is 0 Å². The number of nitrogens with one attached hydrogen (secondary N) is 1. The minimum Gasteiger partial charge on any atom is -0.491 e. The molecular weight excluding hydrogens is 390 g/mol. The molecule has 1 aliphatic heterocycles. The molecule has 1 amide bonds. The van der Waals surface area contributed by atoms with Crippen LogP contribution in [0.3, 0.4) is 0 Å². The molecule has 2 atom stereocenters. The summed E-state index contributed by atoms with van der Waals surface area (Å²) in [6.45, 7) is 3.11. The first-order chi connectivity index (χ1) is 15.2. The van der Waals surface area contributed by atoms with Gasteiger partial charge in [0.25, 0.3) is 5.91 Å². The highest BCUT2D eigenvalue weighted by Crippen LogP contribution is 2.23. The van der Waals surface area contributed by atoms with Crippen molar-refractivity contribution < 1.29 is 19.0 Å². The first-order valence-corrected chi connectivity index (χ1v) is 10.6. The van der Waals surface area contributed by atoms with Gasteiger partial charge in [0.2, 0.25) is 0 Å². The molecule has 1 heterocycles. The van der Waals surface area contributed by atoms with E-state index in [1.165, 1.54) is 0 Å². The SMILES string of the molecule is C[C@@H](Oc1ccc(-c2ccccc2)cc1)C(=O)Nc1ccc(OC[C@H]2CCCO2)cc1. The Morgan fingerprint density at radius 3 is 2.32 bits per heavy atom. The van der Waals surface area contributed by atoms with Crippen molar-refractivity contribution in [2.24, 2.45) is 0 Å². The molecule has 4 rings (SSSR count).